The molecule has 0 aromatic carbocycles. The minimum absolute atomic E-state index is 0.0547. The molecule has 0 amide bonds. The van der Waals surface area contributed by atoms with Crippen molar-refractivity contribution in [3.8, 4) is 0 Å². The van der Waals surface area contributed by atoms with E-state index in [9.17, 15) is 5.11 Å². The average molecular weight is 202 g/mol. The van der Waals surface area contributed by atoms with E-state index in [0.29, 0.717) is 5.92 Å². The molecule has 0 saturated carbocycles. The molecule has 0 aliphatic carbocycles. The lowest BCUT2D eigenvalue weighted by atomic mass is 9.83. The van der Waals surface area contributed by atoms with Crippen LogP contribution in [0.2, 0.25) is 0 Å². The summed E-state index contributed by atoms with van der Waals surface area (Å²) >= 11 is 0. The Morgan fingerprint density at radius 1 is 1.50 bits per heavy atom. The molecule has 3 heteroatoms. The highest BCUT2D eigenvalue weighted by atomic mass is 16.7. The van der Waals surface area contributed by atoms with Crippen molar-refractivity contribution in [2.24, 2.45) is 11.3 Å². The van der Waals surface area contributed by atoms with Crippen LogP contribution in [0, 0.1) is 11.3 Å². The van der Waals surface area contributed by atoms with Gasteiger partial charge in [0.1, 0.15) is 0 Å². The summed E-state index contributed by atoms with van der Waals surface area (Å²) in [5.74, 6) is 0.342. The molecule has 1 N–H and O–H groups in total. The number of hydrogen-bond acceptors (Lipinski definition) is 3. The molecule has 3 nitrogen and oxygen atoms in total. The lowest BCUT2D eigenvalue weighted by molar-refractivity contribution is -0.119. The molecule has 0 radical (unpaired) electrons. The smallest absolute Gasteiger partial charge is 0.160 e. The Morgan fingerprint density at radius 3 is 2.64 bits per heavy atom. The molecule has 1 fully saturated rings. The lowest BCUT2D eigenvalue weighted by Crippen LogP contribution is -2.31. The third-order valence-corrected chi connectivity index (χ3v) is 2.91. The molecular formula is C11H22O3. The van der Waals surface area contributed by atoms with Crippen molar-refractivity contribution in [3.05, 3.63) is 0 Å². The standard InChI is InChI=1S/C11H22O3/c1-11(2,3)9(12)7-8-5-6-14-10(8)13-4/h8-10,12H,5-7H2,1-4H3/t8-,9?,10+/m1/s1. The van der Waals surface area contributed by atoms with E-state index in [1.54, 1.807) is 7.11 Å². The third-order valence-electron chi connectivity index (χ3n) is 2.91. The maximum Gasteiger partial charge on any atom is 0.160 e. The van der Waals surface area contributed by atoms with Crippen molar-refractivity contribution >= 4 is 0 Å². The summed E-state index contributed by atoms with van der Waals surface area (Å²) in [5.41, 5.74) is -0.0547. The van der Waals surface area contributed by atoms with Crippen LogP contribution < -0.4 is 0 Å². The number of aliphatic hydroxyl groups excluding tert-OH is 1. The van der Waals surface area contributed by atoms with E-state index in [2.05, 4.69) is 20.8 Å². The van der Waals surface area contributed by atoms with Crippen LogP contribution in [-0.2, 0) is 9.47 Å². The highest BCUT2D eigenvalue weighted by Gasteiger charge is 2.33. The van der Waals surface area contributed by atoms with Gasteiger partial charge in [0.2, 0.25) is 0 Å². The Labute approximate surface area is 86.4 Å². The molecular weight excluding hydrogens is 180 g/mol. The number of aliphatic hydroxyl groups is 1. The Kier molecular flexibility index (Phi) is 3.93. The zero-order valence-electron chi connectivity index (χ0n) is 9.62. The maximum absolute atomic E-state index is 9.95. The second kappa shape index (κ2) is 4.60. The van der Waals surface area contributed by atoms with Crippen LogP contribution in [0.15, 0.2) is 0 Å². The number of hydrogen-bond donors (Lipinski definition) is 1. The molecule has 1 unspecified atom stereocenters. The fourth-order valence-corrected chi connectivity index (χ4v) is 1.74. The van der Waals surface area contributed by atoms with Gasteiger partial charge in [0.05, 0.1) is 12.7 Å². The van der Waals surface area contributed by atoms with Gasteiger partial charge in [-0.1, -0.05) is 20.8 Å². The predicted octanol–water partition coefficient (Wildman–Crippen LogP) is 1.79. The summed E-state index contributed by atoms with van der Waals surface area (Å²) in [6.45, 7) is 6.90. The zero-order chi connectivity index (χ0) is 10.8. The van der Waals surface area contributed by atoms with Crippen molar-refractivity contribution in [2.45, 2.75) is 46.0 Å². The van der Waals surface area contributed by atoms with Gasteiger partial charge in [-0.25, -0.2) is 0 Å². The molecule has 3 atom stereocenters. The molecule has 84 valence electrons. The summed E-state index contributed by atoms with van der Waals surface area (Å²) in [6.07, 6.45) is 1.35. The SMILES string of the molecule is CO[C@H]1OCC[C@@H]1CC(O)C(C)(C)C. The van der Waals surface area contributed by atoms with E-state index in [4.69, 9.17) is 9.47 Å². The average Bonchev–Trinajstić information content (AvgIpc) is 2.50. The highest BCUT2D eigenvalue weighted by Crippen LogP contribution is 2.31. The van der Waals surface area contributed by atoms with Crippen molar-refractivity contribution in [1.82, 2.24) is 0 Å². The van der Waals surface area contributed by atoms with E-state index in [0.717, 1.165) is 19.4 Å². The molecule has 1 rings (SSSR count). The van der Waals surface area contributed by atoms with Gasteiger partial charge in [-0.05, 0) is 18.3 Å². The van der Waals surface area contributed by atoms with Crippen LogP contribution in [0.25, 0.3) is 0 Å². The van der Waals surface area contributed by atoms with Crippen LogP contribution >= 0.6 is 0 Å². The maximum atomic E-state index is 9.95. The monoisotopic (exact) mass is 202 g/mol. The van der Waals surface area contributed by atoms with Crippen molar-refractivity contribution in [3.63, 3.8) is 0 Å². The third kappa shape index (κ3) is 2.94. The van der Waals surface area contributed by atoms with E-state index in [1.807, 2.05) is 0 Å². The van der Waals surface area contributed by atoms with E-state index < -0.39 is 0 Å². The first-order chi connectivity index (χ1) is 6.45. The van der Waals surface area contributed by atoms with Gasteiger partial charge in [0.15, 0.2) is 6.29 Å². The van der Waals surface area contributed by atoms with Crippen LogP contribution in [0.4, 0.5) is 0 Å². The normalized spacial score (nSPS) is 30.6. The number of rotatable bonds is 3. The van der Waals surface area contributed by atoms with Crippen molar-refractivity contribution in [2.75, 3.05) is 13.7 Å². The van der Waals surface area contributed by atoms with Crippen LogP contribution in [-0.4, -0.2) is 31.2 Å². The van der Waals surface area contributed by atoms with E-state index in [-0.39, 0.29) is 17.8 Å². The fraction of sp³-hybridized carbons (Fsp3) is 1.00. The fourth-order valence-electron chi connectivity index (χ4n) is 1.74. The van der Waals surface area contributed by atoms with E-state index >= 15 is 0 Å². The van der Waals surface area contributed by atoms with Gasteiger partial charge in [0.25, 0.3) is 0 Å². The van der Waals surface area contributed by atoms with Gasteiger partial charge in [-0.2, -0.15) is 0 Å². The van der Waals surface area contributed by atoms with Gasteiger partial charge in [0, 0.05) is 13.0 Å². The summed E-state index contributed by atoms with van der Waals surface area (Å²) in [4.78, 5) is 0. The Balaban J connectivity index is 2.43. The topological polar surface area (TPSA) is 38.7 Å². The summed E-state index contributed by atoms with van der Waals surface area (Å²) < 4.78 is 10.6. The van der Waals surface area contributed by atoms with Crippen LogP contribution in [0.3, 0.4) is 0 Å². The summed E-state index contributed by atoms with van der Waals surface area (Å²) in [7, 11) is 1.66. The molecule has 1 heterocycles. The first kappa shape index (κ1) is 12.0. The highest BCUT2D eigenvalue weighted by molar-refractivity contribution is 4.79. The Bertz CT molecular complexity index is 174. The van der Waals surface area contributed by atoms with Crippen LogP contribution in [0.5, 0.6) is 0 Å². The minimum atomic E-state index is -0.285. The van der Waals surface area contributed by atoms with Gasteiger partial charge >= 0.3 is 0 Å². The second-order valence-electron chi connectivity index (χ2n) is 5.14. The first-order valence-corrected chi connectivity index (χ1v) is 5.27. The second-order valence-corrected chi connectivity index (χ2v) is 5.14. The molecule has 1 aliphatic heterocycles. The quantitative estimate of drug-likeness (QED) is 0.758. The largest absolute Gasteiger partial charge is 0.393 e. The van der Waals surface area contributed by atoms with Gasteiger partial charge in [-0.3, -0.25) is 0 Å². The molecule has 0 aromatic heterocycles. The minimum Gasteiger partial charge on any atom is -0.393 e. The van der Waals surface area contributed by atoms with Crippen molar-refractivity contribution < 1.29 is 14.6 Å². The first-order valence-electron chi connectivity index (χ1n) is 5.27. The molecule has 1 aliphatic rings. The molecule has 0 aromatic rings. The van der Waals surface area contributed by atoms with Gasteiger partial charge < -0.3 is 14.6 Å². The predicted molar refractivity (Wildman–Crippen MR) is 54.9 cm³/mol. The molecule has 1 saturated heterocycles. The Hall–Kier alpha value is -0.120. The molecule has 0 spiro atoms. The Morgan fingerprint density at radius 2 is 2.14 bits per heavy atom. The lowest BCUT2D eigenvalue weighted by Gasteiger charge is -2.29. The van der Waals surface area contributed by atoms with Gasteiger partial charge in [-0.15, -0.1) is 0 Å². The van der Waals surface area contributed by atoms with E-state index in [1.165, 1.54) is 0 Å². The molecule has 0 bridgehead atoms. The summed E-state index contributed by atoms with van der Waals surface area (Å²) in [5, 5.41) is 9.95. The number of ether oxygens (including phenoxy) is 2. The summed E-state index contributed by atoms with van der Waals surface area (Å²) in [6, 6.07) is 0. The number of methoxy groups -OCH3 is 1. The zero-order valence-corrected chi connectivity index (χ0v) is 9.62. The van der Waals surface area contributed by atoms with Crippen LogP contribution in [0.1, 0.15) is 33.6 Å². The molecule has 14 heavy (non-hydrogen) atoms. The van der Waals surface area contributed by atoms with Crippen molar-refractivity contribution in [1.29, 1.82) is 0 Å².